The SMILES string of the molecule is CN=C(NCCCc1cccc(OC)c1)NCCc1ccc2c(c1)OCO2.I. The lowest BCUT2D eigenvalue weighted by molar-refractivity contribution is 0.174. The first-order chi connectivity index (χ1) is 13.3. The average molecular weight is 497 g/mol. The van der Waals surface area contributed by atoms with Crippen LogP contribution >= 0.6 is 24.0 Å². The van der Waals surface area contributed by atoms with Gasteiger partial charge in [0, 0.05) is 20.1 Å². The highest BCUT2D eigenvalue weighted by molar-refractivity contribution is 14.0. The first kappa shape index (κ1) is 22.1. The number of hydrogen-bond acceptors (Lipinski definition) is 4. The molecule has 0 fully saturated rings. The summed E-state index contributed by atoms with van der Waals surface area (Å²) in [7, 11) is 3.48. The van der Waals surface area contributed by atoms with Crippen LogP contribution in [0.1, 0.15) is 17.5 Å². The number of rotatable bonds is 8. The summed E-state index contributed by atoms with van der Waals surface area (Å²) in [4.78, 5) is 4.28. The van der Waals surface area contributed by atoms with Crippen LogP contribution in [0.5, 0.6) is 17.2 Å². The quantitative estimate of drug-likeness (QED) is 0.254. The second-order valence-electron chi connectivity index (χ2n) is 6.32. The van der Waals surface area contributed by atoms with Crippen molar-refractivity contribution in [3.63, 3.8) is 0 Å². The number of nitrogens with zero attached hydrogens (tertiary/aromatic N) is 1. The first-order valence-electron chi connectivity index (χ1n) is 9.24. The molecule has 2 aromatic rings. The Labute approximate surface area is 183 Å². The van der Waals surface area contributed by atoms with Crippen LogP contribution in [-0.4, -0.2) is 40.0 Å². The first-order valence-corrected chi connectivity index (χ1v) is 9.24. The highest BCUT2D eigenvalue weighted by Crippen LogP contribution is 2.32. The molecule has 2 N–H and O–H groups in total. The second kappa shape index (κ2) is 11.6. The van der Waals surface area contributed by atoms with Gasteiger partial charge >= 0.3 is 0 Å². The summed E-state index contributed by atoms with van der Waals surface area (Å²) in [6.45, 7) is 1.97. The van der Waals surface area contributed by atoms with E-state index >= 15 is 0 Å². The summed E-state index contributed by atoms with van der Waals surface area (Å²) in [6, 6.07) is 14.3. The molecule has 6 nitrogen and oxygen atoms in total. The van der Waals surface area contributed by atoms with Gasteiger partial charge < -0.3 is 24.8 Å². The lowest BCUT2D eigenvalue weighted by Gasteiger charge is -2.12. The van der Waals surface area contributed by atoms with Crippen molar-refractivity contribution in [3.05, 3.63) is 53.6 Å². The molecule has 1 aliphatic heterocycles. The topological polar surface area (TPSA) is 64.1 Å². The third-order valence-corrected chi connectivity index (χ3v) is 4.44. The fraction of sp³-hybridized carbons (Fsp3) is 0.381. The smallest absolute Gasteiger partial charge is 0.231 e. The molecule has 0 amide bonds. The average Bonchev–Trinajstić information content (AvgIpc) is 3.18. The number of halogens is 1. The van der Waals surface area contributed by atoms with Crippen molar-refractivity contribution >= 4 is 29.9 Å². The molecule has 1 heterocycles. The normalized spacial score (nSPS) is 12.3. The lowest BCUT2D eigenvalue weighted by atomic mass is 10.1. The van der Waals surface area contributed by atoms with Gasteiger partial charge in [0.25, 0.3) is 0 Å². The standard InChI is InChI=1S/C21H27N3O3.HI/c1-22-21(23-11-4-6-16-5-3-7-18(13-16)25-2)24-12-10-17-8-9-19-20(14-17)27-15-26-19;/h3,5,7-9,13-14H,4,6,10-12,15H2,1-2H3,(H2,22,23,24);1H. The van der Waals surface area contributed by atoms with Crippen LogP contribution in [0.3, 0.4) is 0 Å². The number of nitrogens with one attached hydrogen (secondary N) is 2. The molecule has 2 aromatic carbocycles. The number of hydrogen-bond donors (Lipinski definition) is 2. The van der Waals surface area contributed by atoms with Crippen LogP contribution in [0, 0.1) is 0 Å². The van der Waals surface area contributed by atoms with E-state index in [9.17, 15) is 0 Å². The van der Waals surface area contributed by atoms with E-state index in [1.165, 1.54) is 11.1 Å². The molecule has 1 aliphatic rings. The zero-order valence-corrected chi connectivity index (χ0v) is 18.7. The molecule has 28 heavy (non-hydrogen) atoms. The molecule has 0 atom stereocenters. The predicted octanol–water partition coefficient (Wildman–Crippen LogP) is 3.38. The van der Waals surface area contributed by atoms with Gasteiger partial charge in [0.2, 0.25) is 6.79 Å². The lowest BCUT2D eigenvalue weighted by Crippen LogP contribution is -2.38. The third kappa shape index (κ3) is 6.47. The van der Waals surface area contributed by atoms with Gasteiger partial charge in [0.1, 0.15) is 5.75 Å². The molecular weight excluding hydrogens is 469 g/mol. The maximum Gasteiger partial charge on any atom is 0.231 e. The van der Waals surface area contributed by atoms with E-state index < -0.39 is 0 Å². The molecule has 0 bridgehead atoms. The van der Waals surface area contributed by atoms with Gasteiger partial charge in [-0.2, -0.15) is 0 Å². The van der Waals surface area contributed by atoms with Gasteiger partial charge in [0.05, 0.1) is 7.11 Å². The van der Waals surface area contributed by atoms with Gasteiger partial charge in [-0.25, -0.2) is 0 Å². The second-order valence-corrected chi connectivity index (χ2v) is 6.32. The number of methoxy groups -OCH3 is 1. The number of aliphatic imine (C=N–C) groups is 1. The van der Waals surface area contributed by atoms with Crippen LogP contribution < -0.4 is 24.8 Å². The zero-order chi connectivity index (χ0) is 18.9. The minimum Gasteiger partial charge on any atom is -0.497 e. The van der Waals surface area contributed by atoms with Crippen LogP contribution in [0.15, 0.2) is 47.5 Å². The summed E-state index contributed by atoms with van der Waals surface area (Å²) < 4.78 is 16.0. The molecule has 0 radical (unpaired) electrons. The molecular formula is C21H28IN3O3. The van der Waals surface area contributed by atoms with Crippen LogP contribution in [0.2, 0.25) is 0 Å². The molecule has 152 valence electrons. The highest BCUT2D eigenvalue weighted by atomic mass is 127. The fourth-order valence-corrected chi connectivity index (χ4v) is 2.97. The molecule has 0 unspecified atom stereocenters. The van der Waals surface area contributed by atoms with Crippen molar-refractivity contribution in [2.45, 2.75) is 19.3 Å². The summed E-state index contributed by atoms with van der Waals surface area (Å²) in [5.74, 6) is 3.37. The van der Waals surface area contributed by atoms with E-state index in [0.29, 0.717) is 6.79 Å². The van der Waals surface area contributed by atoms with E-state index in [0.717, 1.165) is 55.6 Å². The van der Waals surface area contributed by atoms with E-state index in [-0.39, 0.29) is 24.0 Å². The fourth-order valence-electron chi connectivity index (χ4n) is 2.97. The molecule has 0 saturated carbocycles. The van der Waals surface area contributed by atoms with Gasteiger partial charge in [-0.3, -0.25) is 4.99 Å². The maximum absolute atomic E-state index is 5.42. The minimum atomic E-state index is 0. The highest BCUT2D eigenvalue weighted by Gasteiger charge is 2.12. The Bertz CT molecular complexity index is 783. The van der Waals surface area contributed by atoms with E-state index in [1.807, 2.05) is 24.3 Å². The van der Waals surface area contributed by atoms with Crippen molar-refractivity contribution < 1.29 is 14.2 Å². The number of guanidine groups is 1. The molecule has 0 aliphatic carbocycles. The van der Waals surface area contributed by atoms with E-state index in [2.05, 4.69) is 33.8 Å². The number of ether oxygens (including phenoxy) is 3. The summed E-state index contributed by atoms with van der Waals surface area (Å²) in [6.07, 6.45) is 2.91. The van der Waals surface area contributed by atoms with Gasteiger partial charge in [0.15, 0.2) is 17.5 Å². The van der Waals surface area contributed by atoms with Crippen LogP contribution in [0.4, 0.5) is 0 Å². The Morgan fingerprint density at radius 2 is 1.79 bits per heavy atom. The molecule has 0 aromatic heterocycles. The van der Waals surface area contributed by atoms with Crippen LogP contribution in [0.25, 0.3) is 0 Å². The maximum atomic E-state index is 5.42. The number of benzene rings is 2. The minimum absolute atomic E-state index is 0. The van der Waals surface area contributed by atoms with Crippen molar-refractivity contribution in [2.75, 3.05) is 34.0 Å². The predicted molar refractivity (Wildman–Crippen MR) is 122 cm³/mol. The largest absolute Gasteiger partial charge is 0.497 e. The molecule has 3 rings (SSSR count). The Morgan fingerprint density at radius 3 is 2.61 bits per heavy atom. The molecule has 0 saturated heterocycles. The summed E-state index contributed by atoms with van der Waals surface area (Å²) in [5, 5.41) is 6.71. The summed E-state index contributed by atoms with van der Waals surface area (Å²) >= 11 is 0. The van der Waals surface area contributed by atoms with Crippen molar-refractivity contribution in [1.82, 2.24) is 10.6 Å². The van der Waals surface area contributed by atoms with Crippen molar-refractivity contribution in [1.29, 1.82) is 0 Å². The monoisotopic (exact) mass is 497 g/mol. The Morgan fingerprint density at radius 1 is 1.00 bits per heavy atom. The molecule has 7 heteroatoms. The van der Waals surface area contributed by atoms with Gasteiger partial charge in [-0.1, -0.05) is 18.2 Å². The Kier molecular flexibility index (Phi) is 9.19. The molecule has 0 spiro atoms. The summed E-state index contributed by atoms with van der Waals surface area (Å²) in [5.41, 5.74) is 2.49. The Hall–Kier alpha value is -2.16. The third-order valence-electron chi connectivity index (χ3n) is 4.44. The Balaban J connectivity index is 0.00000280. The number of fused-ring (bicyclic) bond motifs is 1. The van der Waals surface area contributed by atoms with Crippen molar-refractivity contribution in [2.24, 2.45) is 4.99 Å². The zero-order valence-electron chi connectivity index (χ0n) is 16.4. The van der Waals surface area contributed by atoms with E-state index in [1.54, 1.807) is 14.2 Å². The van der Waals surface area contributed by atoms with Crippen LogP contribution in [-0.2, 0) is 12.8 Å². The number of aryl methyl sites for hydroxylation is 1. The van der Waals surface area contributed by atoms with Crippen molar-refractivity contribution in [3.8, 4) is 17.2 Å². The van der Waals surface area contributed by atoms with Gasteiger partial charge in [-0.05, 0) is 54.7 Å². The van der Waals surface area contributed by atoms with Gasteiger partial charge in [-0.15, -0.1) is 24.0 Å². The van der Waals surface area contributed by atoms with E-state index in [4.69, 9.17) is 14.2 Å².